The fraction of sp³-hybridized carbons (Fsp3) is 0.533. The number of carbonyl (C=O) groups is 1. The van der Waals surface area contributed by atoms with Crippen molar-refractivity contribution in [3.63, 3.8) is 0 Å². The van der Waals surface area contributed by atoms with Crippen LogP contribution in [-0.2, 0) is 4.74 Å². The van der Waals surface area contributed by atoms with Crippen LogP contribution in [0.15, 0.2) is 18.2 Å². The lowest BCUT2D eigenvalue weighted by molar-refractivity contribution is 0.0394. The Hall–Kier alpha value is -0.730. The Morgan fingerprint density at radius 1 is 1.21 bits per heavy atom. The third-order valence-corrected chi connectivity index (χ3v) is 5.11. The van der Waals surface area contributed by atoms with Crippen LogP contribution in [0.1, 0.15) is 36.0 Å². The van der Waals surface area contributed by atoms with Crippen LogP contribution in [0, 0.1) is 17.8 Å². The molecular weight excluding hydrogens is 283 g/mol. The zero-order valence-corrected chi connectivity index (χ0v) is 12.1. The number of ether oxygens (including phenoxy) is 1. The molecule has 1 aromatic rings. The summed E-state index contributed by atoms with van der Waals surface area (Å²) in [6, 6.07) is 5.03. The van der Waals surface area contributed by atoms with E-state index in [0.29, 0.717) is 22.6 Å². The summed E-state index contributed by atoms with van der Waals surface area (Å²) in [6.07, 6.45) is 5.16. The summed E-state index contributed by atoms with van der Waals surface area (Å²) in [5.41, 5.74) is 0.286. The molecule has 1 aromatic carbocycles. The molecule has 2 fully saturated rings. The van der Waals surface area contributed by atoms with Gasteiger partial charge in [-0.3, -0.25) is 0 Å². The molecule has 19 heavy (non-hydrogen) atoms. The number of benzene rings is 1. The Kier molecular flexibility index (Phi) is 3.72. The summed E-state index contributed by atoms with van der Waals surface area (Å²) in [4.78, 5) is 12.1. The van der Waals surface area contributed by atoms with Gasteiger partial charge in [0.2, 0.25) is 0 Å². The molecule has 4 heteroatoms. The van der Waals surface area contributed by atoms with Gasteiger partial charge in [0.25, 0.3) is 0 Å². The minimum atomic E-state index is -0.404. The standard InChI is InChI=1S/C15H16Cl2O2/c16-12-2-1-3-13(17)14(12)15(18)19-8-11-7-9-4-5-10(11)6-9/h1-3,9-11H,4-8H2. The Morgan fingerprint density at radius 2 is 1.95 bits per heavy atom. The van der Waals surface area contributed by atoms with Crippen molar-refractivity contribution in [3.05, 3.63) is 33.8 Å². The van der Waals surface area contributed by atoms with E-state index in [1.54, 1.807) is 18.2 Å². The predicted molar refractivity (Wildman–Crippen MR) is 75.7 cm³/mol. The summed E-state index contributed by atoms with van der Waals surface area (Å²) in [6.45, 7) is 0.502. The summed E-state index contributed by atoms with van der Waals surface area (Å²) < 4.78 is 5.42. The number of hydrogen-bond donors (Lipinski definition) is 0. The van der Waals surface area contributed by atoms with Gasteiger partial charge < -0.3 is 4.74 Å². The monoisotopic (exact) mass is 298 g/mol. The van der Waals surface area contributed by atoms with Crippen LogP contribution < -0.4 is 0 Å². The highest BCUT2D eigenvalue weighted by Crippen LogP contribution is 2.48. The van der Waals surface area contributed by atoms with E-state index in [2.05, 4.69) is 0 Å². The van der Waals surface area contributed by atoms with Crippen LogP contribution in [0.5, 0.6) is 0 Å². The first-order chi connectivity index (χ1) is 9.15. The maximum Gasteiger partial charge on any atom is 0.341 e. The first-order valence-corrected chi connectivity index (χ1v) is 7.52. The van der Waals surface area contributed by atoms with E-state index in [9.17, 15) is 4.79 Å². The van der Waals surface area contributed by atoms with Crippen molar-refractivity contribution in [2.45, 2.75) is 25.7 Å². The van der Waals surface area contributed by atoms with E-state index < -0.39 is 5.97 Å². The Morgan fingerprint density at radius 3 is 2.53 bits per heavy atom. The van der Waals surface area contributed by atoms with Crippen molar-refractivity contribution in [2.75, 3.05) is 6.61 Å². The molecule has 3 atom stereocenters. The molecule has 0 spiro atoms. The van der Waals surface area contributed by atoms with E-state index >= 15 is 0 Å². The van der Waals surface area contributed by atoms with Crippen LogP contribution in [0.25, 0.3) is 0 Å². The first kappa shape index (κ1) is 13.3. The lowest BCUT2D eigenvalue weighted by Gasteiger charge is -2.21. The summed E-state index contributed by atoms with van der Waals surface area (Å²) in [7, 11) is 0. The molecule has 3 unspecified atom stereocenters. The Balaban J connectivity index is 1.63. The quantitative estimate of drug-likeness (QED) is 0.763. The first-order valence-electron chi connectivity index (χ1n) is 6.76. The van der Waals surface area contributed by atoms with Crippen molar-refractivity contribution in [2.24, 2.45) is 17.8 Å². The summed E-state index contributed by atoms with van der Waals surface area (Å²) in [5, 5.41) is 0.705. The SMILES string of the molecule is O=C(OCC1CC2CCC1C2)c1c(Cl)cccc1Cl. The van der Waals surface area contributed by atoms with Gasteiger partial charge >= 0.3 is 5.97 Å². The second kappa shape index (κ2) is 5.34. The third-order valence-electron chi connectivity index (χ3n) is 4.48. The molecule has 0 aromatic heterocycles. The number of hydrogen-bond acceptors (Lipinski definition) is 2. The van der Waals surface area contributed by atoms with Crippen molar-refractivity contribution in [1.29, 1.82) is 0 Å². The number of halogens is 2. The topological polar surface area (TPSA) is 26.3 Å². The highest BCUT2D eigenvalue weighted by Gasteiger charge is 2.40. The molecule has 0 N–H and O–H groups in total. The van der Waals surface area contributed by atoms with Crippen LogP contribution in [0.4, 0.5) is 0 Å². The van der Waals surface area contributed by atoms with Crippen LogP contribution in [-0.4, -0.2) is 12.6 Å². The zero-order valence-electron chi connectivity index (χ0n) is 10.6. The highest BCUT2D eigenvalue weighted by atomic mass is 35.5. The van der Waals surface area contributed by atoms with Crippen LogP contribution in [0.3, 0.4) is 0 Å². The molecule has 0 heterocycles. The molecule has 2 aliphatic carbocycles. The van der Waals surface area contributed by atoms with Gasteiger partial charge in [-0.1, -0.05) is 35.7 Å². The van der Waals surface area contributed by atoms with Gasteiger partial charge in [0.1, 0.15) is 0 Å². The van der Waals surface area contributed by atoms with Gasteiger partial charge in [-0.05, 0) is 49.1 Å². The molecule has 2 bridgehead atoms. The molecule has 2 aliphatic rings. The normalized spacial score (nSPS) is 28.6. The largest absolute Gasteiger partial charge is 0.462 e. The molecule has 3 rings (SSSR count). The molecule has 0 amide bonds. The van der Waals surface area contributed by atoms with Crippen LogP contribution >= 0.6 is 23.2 Å². The van der Waals surface area contributed by atoms with Crippen molar-refractivity contribution < 1.29 is 9.53 Å². The number of esters is 1. The summed E-state index contributed by atoms with van der Waals surface area (Å²) >= 11 is 12.0. The smallest absolute Gasteiger partial charge is 0.341 e. The predicted octanol–water partition coefficient (Wildman–Crippen LogP) is 4.59. The van der Waals surface area contributed by atoms with Gasteiger partial charge in [0.15, 0.2) is 0 Å². The summed E-state index contributed by atoms with van der Waals surface area (Å²) in [5.74, 6) is 1.74. The fourth-order valence-corrected chi connectivity index (χ4v) is 4.08. The average molecular weight is 299 g/mol. The van der Waals surface area contributed by atoms with E-state index in [4.69, 9.17) is 27.9 Å². The zero-order chi connectivity index (χ0) is 13.4. The molecule has 102 valence electrons. The van der Waals surface area contributed by atoms with Crippen molar-refractivity contribution in [3.8, 4) is 0 Å². The second-order valence-electron chi connectivity index (χ2n) is 5.63. The van der Waals surface area contributed by atoms with Gasteiger partial charge in [-0.25, -0.2) is 4.79 Å². The molecule has 0 aliphatic heterocycles. The molecule has 0 saturated heterocycles. The molecule has 2 nitrogen and oxygen atoms in total. The maximum atomic E-state index is 12.1. The van der Waals surface area contributed by atoms with E-state index in [0.717, 1.165) is 11.8 Å². The van der Waals surface area contributed by atoms with Crippen LogP contribution in [0.2, 0.25) is 10.0 Å². The Bertz CT molecular complexity index is 481. The van der Waals surface area contributed by atoms with E-state index in [1.165, 1.54) is 25.7 Å². The molecule has 0 radical (unpaired) electrons. The lowest BCUT2D eigenvalue weighted by Crippen LogP contribution is -2.19. The van der Waals surface area contributed by atoms with Gasteiger partial charge in [-0.2, -0.15) is 0 Å². The number of fused-ring (bicyclic) bond motifs is 2. The lowest BCUT2D eigenvalue weighted by atomic mass is 9.89. The van der Waals surface area contributed by atoms with Gasteiger partial charge in [-0.15, -0.1) is 0 Å². The minimum Gasteiger partial charge on any atom is -0.462 e. The third kappa shape index (κ3) is 2.61. The van der Waals surface area contributed by atoms with E-state index in [1.807, 2.05) is 0 Å². The van der Waals surface area contributed by atoms with E-state index in [-0.39, 0.29) is 5.56 Å². The van der Waals surface area contributed by atoms with Crippen molar-refractivity contribution in [1.82, 2.24) is 0 Å². The maximum absolute atomic E-state index is 12.1. The minimum absolute atomic E-state index is 0.286. The second-order valence-corrected chi connectivity index (χ2v) is 6.44. The molecule has 2 saturated carbocycles. The highest BCUT2D eigenvalue weighted by molar-refractivity contribution is 6.39. The average Bonchev–Trinajstić information content (AvgIpc) is 2.98. The van der Waals surface area contributed by atoms with Gasteiger partial charge in [0.05, 0.1) is 22.2 Å². The fourth-order valence-electron chi connectivity index (χ4n) is 3.53. The Labute approximate surface area is 123 Å². The number of carbonyl (C=O) groups excluding carboxylic acids is 1. The van der Waals surface area contributed by atoms with Crippen molar-refractivity contribution >= 4 is 29.2 Å². The van der Waals surface area contributed by atoms with Gasteiger partial charge in [0, 0.05) is 0 Å². The molecular formula is C15H16Cl2O2. The number of rotatable bonds is 3.